The molecule has 268 valence electrons. The van der Waals surface area contributed by atoms with Gasteiger partial charge in [-0.15, -0.1) is 0 Å². The number of hydrogen-bond donors (Lipinski definition) is 0. The zero-order valence-corrected chi connectivity index (χ0v) is 31.0. The molecular formula is C54H35NO2. The fourth-order valence-electron chi connectivity index (χ4n) is 8.30. The molecule has 0 aliphatic heterocycles. The minimum absolute atomic E-state index is 0.833. The summed E-state index contributed by atoms with van der Waals surface area (Å²) in [5.41, 5.74) is 15.9. The second-order valence-corrected chi connectivity index (χ2v) is 14.5. The van der Waals surface area contributed by atoms with Crippen molar-refractivity contribution in [2.45, 2.75) is 0 Å². The number of furan rings is 2. The summed E-state index contributed by atoms with van der Waals surface area (Å²) in [5, 5.41) is 4.26. The van der Waals surface area contributed by atoms with Crippen LogP contribution in [0.4, 0.5) is 17.1 Å². The van der Waals surface area contributed by atoms with Crippen LogP contribution in [0.5, 0.6) is 0 Å². The molecule has 0 aliphatic carbocycles. The molecule has 57 heavy (non-hydrogen) atoms. The number of anilines is 3. The minimum atomic E-state index is 0.833. The highest BCUT2D eigenvalue weighted by atomic mass is 16.3. The molecule has 9 aromatic carbocycles. The highest BCUT2D eigenvalue weighted by molar-refractivity contribution is 6.23. The van der Waals surface area contributed by atoms with Crippen molar-refractivity contribution in [3.63, 3.8) is 0 Å². The van der Waals surface area contributed by atoms with E-state index in [9.17, 15) is 0 Å². The summed E-state index contributed by atoms with van der Waals surface area (Å²) in [6, 6.07) is 75.2. The van der Waals surface area contributed by atoms with Crippen LogP contribution in [0.25, 0.3) is 88.4 Å². The Morgan fingerprint density at radius 3 is 1.51 bits per heavy atom. The third-order valence-electron chi connectivity index (χ3n) is 11.1. The SMILES string of the molecule is c1ccc(-c2ccc(N(c3ccc(-c4ccccc4)cc3)c3cccc(-c4cccc(-c5cccc6c5oc5c6ccc6oc7ccccc7c65)c4)c3)cc2)cc1. The minimum Gasteiger partial charge on any atom is -0.456 e. The molecule has 2 aromatic heterocycles. The van der Waals surface area contributed by atoms with Crippen molar-refractivity contribution in [1.82, 2.24) is 0 Å². The number of benzene rings is 9. The molecule has 3 heteroatoms. The van der Waals surface area contributed by atoms with E-state index in [-0.39, 0.29) is 0 Å². The van der Waals surface area contributed by atoms with E-state index < -0.39 is 0 Å². The molecule has 0 aliphatic rings. The Balaban J connectivity index is 0.999. The van der Waals surface area contributed by atoms with Crippen LogP contribution in [0, 0.1) is 0 Å². The quantitative estimate of drug-likeness (QED) is 0.164. The van der Waals surface area contributed by atoms with Crippen molar-refractivity contribution in [3.05, 3.63) is 212 Å². The molecular weight excluding hydrogens is 695 g/mol. The molecule has 0 saturated heterocycles. The topological polar surface area (TPSA) is 29.5 Å². The van der Waals surface area contributed by atoms with Gasteiger partial charge in [0.05, 0.1) is 5.39 Å². The van der Waals surface area contributed by atoms with E-state index in [1.165, 1.54) is 22.3 Å². The van der Waals surface area contributed by atoms with Gasteiger partial charge in [0.15, 0.2) is 0 Å². The van der Waals surface area contributed by atoms with Crippen molar-refractivity contribution in [2.24, 2.45) is 0 Å². The maximum atomic E-state index is 6.82. The number of para-hydroxylation sites is 2. The second kappa shape index (κ2) is 13.6. The summed E-state index contributed by atoms with van der Waals surface area (Å²) < 4.78 is 13.0. The predicted molar refractivity (Wildman–Crippen MR) is 237 cm³/mol. The van der Waals surface area contributed by atoms with Gasteiger partial charge < -0.3 is 13.7 Å². The molecule has 0 unspecified atom stereocenters. The van der Waals surface area contributed by atoms with Gasteiger partial charge in [0, 0.05) is 38.8 Å². The molecule has 2 heterocycles. The lowest BCUT2D eigenvalue weighted by Crippen LogP contribution is -2.10. The van der Waals surface area contributed by atoms with Crippen molar-refractivity contribution < 1.29 is 8.83 Å². The Morgan fingerprint density at radius 2 is 0.807 bits per heavy atom. The normalized spacial score (nSPS) is 11.5. The molecule has 0 fully saturated rings. The van der Waals surface area contributed by atoms with E-state index in [0.717, 1.165) is 83.2 Å². The van der Waals surface area contributed by atoms with E-state index in [1.807, 2.05) is 18.2 Å². The van der Waals surface area contributed by atoms with Gasteiger partial charge in [-0.25, -0.2) is 0 Å². The molecule has 0 N–H and O–H groups in total. The maximum Gasteiger partial charge on any atom is 0.147 e. The standard InChI is InChI=1S/C54H35NO2/c1-3-12-36(13-4-1)38-24-28-43(29-25-38)55(44-30-26-39(27-31-44)37-14-5-2-6-15-37)45-19-10-17-41(35-45)40-16-9-18-42(34-40)46-21-11-22-47-48-32-33-51-52(54(48)57-53(46)47)49-20-7-8-23-50(49)56-51/h1-35H. The van der Waals surface area contributed by atoms with Crippen molar-refractivity contribution in [3.8, 4) is 44.5 Å². The van der Waals surface area contributed by atoms with Gasteiger partial charge in [-0.3, -0.25) is 0 Å². The van der Waals surface area contributed by atoms with E-state index in [4.69, 9.17) is 8.83 Å². The molecule has 11 rings (SSSR count). The Kier molecular flexibility index (Phi) is 7.82. The fourth-order valence-corrected chi connectivity index (χ4v) is 8.30. The summed E-state index contributed by atoms with van der Waals surface area (Å²) >= 11 is 0. The third-order valence-corrected chi connectivity index (χ3v) is 11.1. The lowest BCUT2D eigenvalue weighted by atomic mass is 9.97. The maximum absolute atomic E-state index is 6.82. The Labute approximate surface area is 330 Å². The van der Waals surface area contributed by atoms with Gasteiger partial charge in [-0.1, -0.05) is 152 Å². The van der Waals surface area contributed by atoms with Crippen molar-refractivity contribution >= 4 is 60.9 Å². The zero-order valence-electron chi connectivity index (χ0n) is 31.0. The number of hydrogen-bond acceptors (Lipinski definition) is 3. The first kappa shape index (κ1) is 32.8. The largest absolute Gasteiger partial charge is 0.456 e. The summed E-state index contributed by atoms with van der Waals surface area (Å²) in [4.78, 5) is 2.34. The third kappa shape index (κ3) is 5.76. The average molecular weight is 730 g/mol. The van der Waals surface area contributed by atoms with Gasteiger partial charge in [0.2, 0.25) is 0 Å². The molecule has 0 atom stereocenters. The van der Waals surface area contributed by atoms with Crippen LogP contribution >= 0.6 is 0 Å². The molecule has 3 nitrogen and oxygen atoms in total. The first-order valence-electron chi connectivity index (χ1n) is 19.3. The number of nitrogens with zero attached hydrogens (tertiary/aromatic N) is 1. The zero-order chi connectivity index (χ0) is 37.7. The van der Waals surface area contributed by atoms with Gasteiger partial charge >= 0.3 is 0 Å². The molecule has 0 saturated carbocycles. The lowest BCUT2D eigenvalue weighted by molar-refractivity contribution is 0.663. The van der Waals surface area contributed by atoms with E-state index in [1.54, 1.807) is 0 Å². The Bertz CT molecular complexity index is 3130. The number of rotatable bonds is 7. The first-order valence-corrected chi connectivity index (χ1v) is 19.3. The highest BCUT2D eigenvalue weighted by Gasteiger charge is 2.19. The Morgan fingerprint density at radius 1 is 0.281 bits per heavy atom. The van der Waals surface area contributed by atoms with Crippen LogP contribution in [-0.2, 0) is 0 Å². The highest BCUT2D eigenvalue weighted by Crippen LogP contribution is 2.43. The average Bonchev–Trinajstić information content (AvgIpc) is 3.86. The lowest BCUT2D eigenvalue weighted by Gasteiger charge is -2.26. The summed E-state index contributed by atoms with van der Waals surface area (Å²) in [6.07, 6.45) is 0. The van der Waals surface area contributed by atoms with Gasteiger partial charge in [0.25, 0.3) is 0 Å². The monoisotopic (exact) mass is 729 g/mol. The van der Waals surface area contributed by atoms with Gasteiger partial charge in [-0.2, -0.15) is 0 Å². The van der Waals surface area contributed by atoms with Gasteiger partial charge in [0.1, 0.15) is 22.3 Å². The van der Waals surface area contributed by atoms with E-state index >= 15 is 0 Å². The van der Waals surface area contributed by atoms with Crippen LogP contribution in [0.2, 0.25) is 0 Å². The summed E-state index contributed by atoms with van der Waals surface area (Å²) in [5.74, 6) is 0. The summed E-state index contributed by atoms with van der Waals surface area (Å²) in [7, 11) is 0. The van der Waals surface area contributed by atoms with E-state index in [0.29, 0.717) is 0 Å². The molecule has 0 amide bonds. The van der Waals surface area contributed by atoms with Crippen LogP contribution in [0.15, 0.2) is 221 Å². The van der Waals surface area contributed by atoms with Crippen LogP contribution in [-0.4, -0.2) is 0 Å². The summed E-state index contributed by atoms with van der Waals surface area (Å²) in [6.45, 7) is 0. The van der Waals surface area contributed by atoms with E-state index in [2.05, 4.69) is 199 Å². The van der Waals surface area contributed by atoms with Gasteiger partial charge in [-0.05, 0) is 99.6 Å². The number of fused-ring (bicyclic) bond motifs is 7. The second-order valence-electron chi connectivity index (χ2n) is 14.5. The molecule has 0 bridgehead atoms. The first-order chi connectivity index (χ1) is 28.2. The smallest absolute Gasteiger partial charge is 0.147 e. The van der Waals surface area contributed by atoms with Crippen LogP contribution in [0.1, 0.15) is 0 Å². The van der Waals surface area contributed by atoms with Crippen molar-refractivity contribution in [1.29, 1.82) is 0 Å². The predicted octanol–water partition coefficient (Wildman–Crippen LogP) is 15.6. The van der Waals surface area contributed by atoms with Crippen LogP contribution in [0.3, 0.4) is 0 Å². The molecule has 0 radical (unpaired) electrons. The fraction of sp³-hybridized carbons (Fsp3) is 0. The van der Waals surface area contributed by atoms with Crippen LogP contribution < -0.4 is 4.90 Å². The van der Waals surface area contributed by atoms with Crippen molar-refractivity contribution in [2.75, 3.05) is 4.90 Å². The molecule has 11 aromatic rings. The Hall–Kier alpha value is -7.62. The molecule has 0 spiro atoms.